The van der Waals surface area contributed by atoms with Crippen LogP contribution in [0.2, 0.25) is 0 Å². The third-order valence-electron chi connectivity index (χ3n) is 9.01. The molecule has 0 radical (unpaired) electrons. The van der Waals surface area contributed by atoms with Crippen LogP contribution in [0.5, 0.6) is 0 Å². The Morgan fingerprint density at radius 1 is 1.00 bits per heavy atom. The summed E-state index contributed by atoms with van der Waals surface area (Å²) in [6.45, 7) is 30.3. The lowest BCUT2D eigenvalue weighted by Gasteiger charge is -2.42. The van der Waals surface area contributed by atoms with Crippen LogP contribution in [0.1, 0.15) is 107 Å². The molecule has 0 aromatic rings. The van der Waals surface area contributed by atoms with Crippen LogP contribution in [0.15, 0.2) is 89.3 Å². The lowest BCUT2D eigenvalue weighted by Crippen LogP contribution is -2.30. The van der Waals surface area contributed by atoms with Gasteiger partial charge in [-0.3, -0.25) is 9.59 Å². The molecular weight excluding hydrogens is 476 g/mol. The minimum absolute atomic E-state index is 0.0657. The molecule has 0 spiro atoms. The van der Waals surface area contributed by atoms with Gasteiger partial charge in [0.1, 0.15) is 0 Å². The highest BCUT2D eigenvalue weighted by Crippen LogP contribution is 2.50. The fourth-order valence-corrected chi connectivity index (χ4v) is 6.10. The first-order valence-electron chi connectivity index (χ1n) is 14.7. The molecule has 0 aliphatic heterocycles. The average molecular weight is 529 g/mol. The zero-order chi connectivity index (χ0) is 29.6. The maximum absolute atomic E-state index is 13.0. The first-order chi connectivity index (χ1) is 18.1. The molecule has 0 aromatic heterocycles. The van der Waals surface area contributed by atoms with E-state index in [0.717, 1.165) is 38.5 Å². The Morgan fingerprint density at radius 2 is 1.64 bits per heavy atom. The molecule has 1 fully saturated rings. The standard InChI is InChI=1S/C37H52O2/c1-12-28-20-21-35(6,7)25-30(27(28)5)19-18-29(13-2)34(39)24-33(38)26(4)16-15-17-32-31(14-3)36(8,9)22-23-37(32,10)11/h13,16-19,28H,2,4-5,12,14,20-25H2,1,3,6-11H3/b29-18+,30-19-. The number of hydrogen-bond acceptors (Lipinski definition) is 2. The molecule has 1 atom stereocenters. The second kappa shape index (κ2) is 13.1. The van der Waals surface area contributed by atoms with Crippen LogP contribution >= 0.6 is 0 Å². The van der Waals surface area contributed by atoms with E-state index >= 15 is 0 Å². The molecule has 212 valence electrons. The highest BCUT2D eigenvalue weighted by Gasteiger charge is 2.37. The Morgan fingerprint density at radius 3 is 2.23 bits per heavy atom. The predicted molar refractivity (Wildman–Crippen MR) is 167 cm³/mol. The summed E-state index contributed by atoms with van der Waals surface area (Å²) in [5.74, 6) is -0.0733. The fraction of sp³-hybridized carbons (Fsp3) is 0.541. The predicted octanol–water partition coefficient (Wildman–Crippen LogP) is 10.2. The van der Waals surface area contributed by atoms with Crippen LogP contribution in [-0.2, 0) is 9.59 Å². The van der Waals surface area contributed by atoms with Gasteiger partial charge in [0.05, 0.1) is 6.42 Å². The van der Waals surface area contributed by atoms with Crippen molar-refractivity contribution in [1.29, 1.82) is 0 Å². The molecule has 1 saturated carbocycles. The van der Waals surface area contributed by atoms with E-state index in [0.29, 0.717) is 11.5 Å². The Kier molecular flexibility index (Phi) is 10.9. The van der Waals surface area contributed by atoms with Gasteiger partial charge in [0.2, 0.25) is 0 Å². The molecule has 2 nitrogen and oxygen atoms in total. The third kappa shape index (κ3) is 8.39. The maximum Gasteiger partial charge on any atom is 0.170 e. The van der Waals surface area contributed by atoms with Gasteiger partial charge in [-0.15, -0.1) is 5.73 Å². The van der Waals surface area contributed by atoms with Crippen molar-refractivity contribution < 1.29 is 9.59 Å². The molecule has 2 heteroatoms. The quantitative estimate of drug-likeness (QED) is 0.0929. The minimum Gasteiger partial charge on any atom is -0.294 e. The number of rotatable bonds is 10. The van der Waals surface area contributed by atoms with E-state index in [1.165, 1.54) is 28.7 Å². The van der Waals surface area contributed by atoms with E-state index in [-0.39, 0.29) is 39.8 Å². The van der Waals surface area contributed by atoms with Gasteiger partial charge >= 0.3 is 0 Å². The molecule has 0 N–H and O–H groups in total. The van der Waals surface area contributed by atoms with Crippen LogP contribution in [0.4, 0.5) is 0 Å². The van der Waals surface area contributed by atoms with Gasteiger partial charge in [0.25, 0.3) is 0 Å². The van der Waals surface area contributed by atoms with E-state index in [4.69, 9.17) is 0 Å². The molecule has 0 aromatic carbocycles. The summed E-state index contributed by atoms with van der Waals surface area (Å²) in [4.78, 5) is 25.9. The molecule has 0 amide bonds. The molecule has 0 saturated heterocycles. The summed E-state index contributed by atoms with van der Waals surface area (Å²) in [7, 11) is 0. The number of allylic oxidation sites excluding steroid dienone is 10. The molecule has 2 aliphatic carbocycles. The van der Waals surface area contributed by atoms with Gasteiger partial charge in [0, 0.05) is 11.1 Å². The summed E-state index contributed by atoms with van der Waals surface area (Å²) in [6.07, 6.45) is 16.3. The first kappa shape index (κ1) is 32.5. The summed E-state index contributed by atoms with van der Waals surface area (Å²) in [5.41, 5.74) is 9.47. The third-order valence-corrected chi connectivity index (χ3v) is 9.01. The van der Waals surface area contributed by atoms with Crippen LogP contribution in [-0.4, -0.2) is 11.6 Å². The van der Waals surface area contributed by atoms with Crippen LogP contribution in [0.25, 0.3) is 0 Å². The summed E-state index contributed by atoms with van der Waals surface area (Å²) in [6, 6.07) is 0. The lowest BCUT2D eigenvalue weighted by molar-refractivity contribution is -0.122. The van der Waals surface area contributed by atoms with Crippen LogP contribution in [0.3, 0.4) is 0 Å². The zero-order valence-electron chi connectivity index (χ0n) is 26.1. The smallest absolute Gasteiger partial charge is 0.170 e. The molecule has 1 unspecified atom stereocenters. The molecule has 0 heterocycles. The van der Waals surface area contributed by atoms with Crippen molar-refractivity contribution in [2.75, 3.05) is 0 Å². The van der Waals surface area contributed by atoms with Crippen molar-refractivity contribution in [3.8, 4) is 0 Å². The largest absolute Gasteiger partial charge is 0.294 e. The van der Waals surface area contributed by atoms with Gasteiger partial charge in [-0.1, -0.05) is 98.9 Å². The van der Waals surface area contributed by atoms with Crippen molar-refractivity contribution in [3.63, 3.8) is 0 Å². The number of ketones is 2. The maximum atomic E-state index is 13.0. The SMILES string of the molecule is C=C/C(=C\C=C1\CC(C)(C)CCC(CC)C1=C)C(=O)CC(=O)C(=C)C=C=CC1=C(CC)C(C)(C)CCC1(C)C. The van der Waals surface area contributed by atoms with Crippen molar-refractivity contribution in [3.05, 3.63) is 89.3 Å². The van der Waals surface area contributed by atoms with Gasteiger partial charge in [-0.05, 0) is 96.0 Å². The highest BCUT2D eigenvalue weighted by atomic mass is 16.1. The van der Waals surface area contributed by atoms with E-state index < -0.39 is 0 Å². The summed E-state index contributed by atoms with van der Waals surface area (Å²) in [5, 5.41) is 0. The fourth-order valence-electron chi connectivity index (χ4n) is 6.10. The summed E-state index contributed by atoms with van der Waals surface area (Å²) < 4.78 is 0. The summed E-state index contributed by atoms with van der Waals surface area (Å²) >= 11 is 0. The van der Waals surface area contributed by atoms with Crippen LogP contribution < -0.4 is 0 Å². The van der Waals surface area contributed by atoms with Crippen LogP contribution in [0, 0.1) is 22.2 Å². The molecular formula is C37H52O2. The number of hydrogen-bond donors (Lipinski definition) is 0. The van der Waals surface area contributed by atoms with Gasteiger partial charge in [-0.2, -0.15) is 0 Å². The number of carbonyl (C=O) groups excluding carboxylic acids is 2. The highest BCUT2D eigenvalue weighted by molar-refractivity contribution is 6.14. The zero-order valence-corrected chi connectivity index (χ0v) is 26.1. The Hall–Kier alpha value is -2.70. The second-order valence-electron chi connectivity index (χ2n) is 13.5. The Balaban J connectivity index is 2.21. The van der Waals surface area contributed by atoms with E-state index in [9.17, 15) is 9.59 Å². The van der Waals surface area contributed by atoms with Crippen molar-refractivity contribution in [2.24, 2.45) is 22.2 Å². The van der Waals surface area contributed by atoms with Crippen molar-refractivity contribution >= 4 is 11.6 Å². The van der Waals surface area contributed by atoms with Gasteiger partial charge in [0.15, 0.2) is 11.6 Å². The normalized spacial score (nSPS) is 23.5. The molecule has 2 rings (SSSR count). The molecule has 0 bridgehead atoms. The topological polar surface area (TPSA) is 34.1 Å². The van der Waals surface area contributed by atoms with Crippen molar-refractivity contribution in [2.45, 2.75) is 107 Å². The second-order valence-corrected chi connectivity index (χ2v) is 13.5. The lowest BCUT2D eigenvalue weighted by atomic mass is 9.62. The van der Waals surface area contributed by atoms with Crippen molar-refractivity contribution in [1.82, 2.24) is 0 Å². The molecule has 39 heavy (non-hydrogen) atoms. The van der Waals surface area contributed by atoms with E-state index in [1.54, 1.807) is 18.2 Å². The molecule has 2 aliphatic rings. The van der Waals surface area contributed by atoms with Gasteiger partial charge < -0.3 is 0 Å². The monoisotopic (exact) mass is 528 g/mol. The first-order valence-corrected chi connectivity index (χ1v) is 14.7. The van der Waals surface area contributed by atoms with E-state index in [2.05, 4.69) is 80.9 Å². The Bertz CT molecular complexity index is 1170. The van der Waals surface area contributed by atoms with Gasteiger partial charge in [-0.25, -0.2) is 0 Å². The number of Topliss-reactive ketones (excluding diaryl/α,β-unsaturated/α-hetero) is 2. The Labute approximate surface area is 239 Å². The number of carbonyl (C=O) groups is 2. The van der Waals surface area contributed by atoms with E-state index in [1.807, 2.05) is 12.2 Å². The average Bonchev–Trinajstić information content (AvgIpc) is 2.96. The minimum atomic E-state index is -0.291.